The maximum absolute atomic E-state index is 11.2. The van der Waals surface area contributed by atoms with Crippen molar-refractivity contribution in [3.05, 3.63) is 60.2 Å². The molecule has 2 aromatic carbocycles. The molecule has 2 unspecified atom stereocenters. The van der Waals surface area contributed by atoms with Crippen molar-refractivity contribution >= 4 is 30.4 Å². The van der Waals surface area contributed by atoms with Crippen molar-refractivity contribution in [1.29, 1.82) is 0 Å². The topological polar surface area (TPSA) is 9.23 Å². The molecule has 9 heteroatoms. The molecular weight excluding hydrogens is 680 g/mol. The fraction of sp³-hybridized carbons (Fsp3) is 0.636. The standard InChI is InChI=1S/C33H53OS.6FH.Sb/c1-4-5-6-7-8-9-10-11-12-13-14-15-16-17-18-22-29-34-32-25-27-33(28-26-32)35(3)30(2)31-23-20-19-21-24-31;;;;;;;/h19-21,23-28,30H,4-18,22,29H2,1-3H3;6*1H;/q+1;;;;;;;+5/p-6. The minimum absolute atomic E-state index is 0.189. The van der Waals surface area contributed by atoms with Crippen molar-refractivity contribution in [2.24, 2.45) is 0 Å². The van der Waals surface area contributed by atoms with E-state index in [1.165, 1.54) is 113 Å². The Hall–Kier alpha value is -1.01. The third-order valence-corrected chi connectivity index (χ3v) is 9.61. The Labute approximate surface area is 256 Å². The van der Waals surface area contributed by atoms with Crippen LogP contribution in [0, 0.1) is 0 Å². The second-order valence-electron chi connectivity index (χ2n) is 11.2. The van der Waals surface area contributed by atoms with E-state index < -0.39 is 19.5 Å². The molecule has 0 saturated carbocycles. The molecule has 0 aliphatic heterocycles. The molecule has 2 rings (SSSR count). The molecule has 2 aromatic rings. The number of halogens is 6. The van der Waals surface area contributed by atoms with Crippen LogP contribution in [0.5, 0.6) is 5.75 Å². The van der Waals surface area contributed by atoms with Crippen LogP contribution in [0.2, 0.25) is 0 Å². The quantitative estimate of drug-likeness (QED) is 0.0537. The SMILES string of the molecule is CCCCCCCCCCCCCCCCCCOc1ccc([S+](C)C(C)c2ccccc2)cc1.[F][Sb-]([F])([F])([F])([F])[F]. The monoisotopic (exact) mass is 732 g/mol. The number of benzene rings is 2. The third-order valence-electron chi connectivity index (χ3n) is 7.26. The van der Waals surface area contributed by atoms with Gasteiger partial charge in [0.25, 0.3) is 0 Å². The molecule has 0 aliphatic rings. The fourth-order valence-corrected chi connectivity index (χ4v) is 6.26. The van der Waals surface area contributed by atoms with Gasteiger partial charge in [-0.3, -0.25) is 0 Å². The third kappa shape index (κ3) is 24.4. The number of ether oxygens (including phenoxy) is 1. The summed E-state index contributed by atoms with van der Waals surface area (Å²) in [6, 6.07) is 19.7. The van der Waals surface area contributed by atoms with Crippen LogP contribution >= 0.6 is 0 Å². The first-order valence-corrected chi connectivity index (χ1v) is 23.1. The Bertz CT molecular complexity index is 928. The van der Waals surface area contributed by atoms with E-state index in [4.69, 9.17) is 4.74 Å². The zero-order valence-electron chi connectivity index (χ0n) is 25.8. The van der Waals surface area contributed by atoms with E-state index in [9.17, 15) is 16.9 Å². The molecule has 0 radical (unpaired) electrons. The van der Waals surface area contributed by atoms with Crippen molar-refractivity contribution in [3.8, 4) is 5.75 Å². The molecule has 0 fully saturated rings. The van der Waals surface area contributed by atoms with Gasteiger partial charge in [-0.05, 0) is 37.6 Å². The molecule has 0 bridgehead atoms. The minimum atomic E-state index is -11.2. The summed E-state index contributed by atoms with van der Waals surface area (Å²) in [5, 5.41) is 0.535. The first-order valence-electron chi connectivity index (χ1n) is 15.7. The van der Waals surface area contributed by atoms with Crippen LogP contribution in [0.3, 0.4) is 0 Å². The molecule has 0 aliphatic carbocycles. The second-order valence-corrected chi connectivity index (χ2v) is 19.0. The van der Waals surface area contributed by atoms with Crippen LogP contribution in [0.25, 0.3) is 0 Å². The molecule has 2 atom stereocenters. The van der Waals surface area contributed by atoms with Crippen LogP contribution in [0.4, 0.5) is 16.9 Å². The Morgan fingerprint density at radius 1 is 0.595 bits per heavy atom. The predicted molar refractivity (Wildman–Crippen MR) is 170 cm³/mol. The summed E-state index contributed by atoms with van der Waals surface area (Å²) in [4.78, 5) is 1.41. The van der Waals surface area contributed by atoms with Crippen LogP contribution in [-0.2, 0) is 10.9 Å². The van der Waals surface area contributed by atoms with Gasteiger partial charge in [-0.15, -0.1) is 0 Å². The average Bonchev–Trinajstić information content (AvgIpc) is 2.93. The van der Waals surface area contributed by atoms with Crippen molar-refractivity contribution in [1.82, 2.24) is 0 Å². The van der Waals surface area contributed by atoms with Gasteiger partial charge in [-0.25, -0.2) is 0 Å². The maximum atomic E-state index is 9.93. The van der Waals surface area contributed by atoms with Gasteiger partial charge in [-0.2, -0.15) is 0 Å². The molecule has 0 amide bonds. The van der Waals surface area contributed by atoms with Gasteiger partial charge in [0.15, 0.2) is 4.90 Å². The number of hydrogen-bond acceptors (Lipinski definition) is 1. The van der Waals surface area contributed by atoms with Gasteiger partial charge < -0.3 is 4.74 Å². The first-order chi connectivity index (χ1) is 19.7. The molecule has 0 spiro atoms. The molecule has 0 heterocycles. The summed E-state index contributed by atoms with van der Waals surface area (Å²) >= 11 is -11.2. The number of unbranched alkanes of at least 4 members (excludes halogenated alkanes) is 15. The fourth-order valence-electron chi connectivity index (χ4n) is 4.72. The molecule has 42 heavy (non-hydrogen) atoms. The van der Waals surface area contributed by atoms with E-state index in [-0.39, 0.29) is 10.9 Å². The first kappa shape index (κ1) is 39.0. The van der Waals surface area contributed by atoms with Gasteiger partial charge in [0.2, 0.25) is 0 Å². The van der Waals surface area contributed by atoms with Crippen LogP contribution in [0.1, 0.15) is 127 Å². The van der Waals surface area contributed by atoms with Crippen molar-refractivity contribution < 1.29 is 21.6 Å². The average molecular weight is 734 g/mol. The van der Waals surface area contributed by atoms with E-state index in [1.54, 1.807) is 0 Å². The van der Waals surface area contributed by atoms with E-state index in [0.717, 1.165) is 12.4 Å². The zero-order chi connectivity index (χ0) is 31.4. The summed E-state index contributed by atoms with van der Waals surface area (Å²) in [6.45, 7) is 5.47. The van der Waals surface area contributed by atoms with Crippen LogP contribution in [-0.4, -0.2) is 32.3 Å². The van der Waals surface area contributed by atoms with Crippen LogP contribution in [0.15, 0.2) is 59.5 Å². The summed E-state index contributed by atoms with van der Waals surface area (Å²) in [5.74, 6) is 1.01. The number of hydrogen-bond donors (Lipinski definition) is 0. The Morgan fingerprint density at radius 2 is 0.976 bits per heavy atom. The molecule has 0 aromatic heterocycles. The Kier molecular flexibility index (Phi) is 18.0. The van der Waals surface area contributed by atoms with Crippen molar-refractivity contribution in [3.63, 3.8) is 0 Å². The predicted octanol–water partition coefficient (Wildman–Crippen LogP) is 12.8. The zero-order valence-corrected chi connectivity index (χ0v) is 29.2. The van der Waals surface area contributed by atoms with E-state index >= 15 is 0 Å². The molecule has 0 N–H and O–H groups in total. The second kappa shape index (κ2) is 19.4. The summed E-state index contributed by atoms with van der Waals surface area (Å²) < 4.78 is 65.6. The summed E-state index contributed by atoms with van der Waals surface area (Å²) in [6.07, 6.45) is 24.8. The van der Waals surface area contributed by atoms with E-state index in [2.05, 4.69) is 74.7 Å². The summed E-state index contributed by atoms with van der Waals surface area (Å²) in [7, 11) is 0.189. The normalized spacial score (nSPS) is 14.7. The van der Waals surface area contributed by atoms with Gasteiger partial charge in [-0.1, -0.05) is 134 Å². The Balaban J connectivity index is 0.00000112. The summed E-state index contributed by atoms with van der Waals surface area (Å²) in [5.41, 5.74) is 1.42. The molecular formula is C33H53F6OSSb. The molecule has 0 saturated heterocycles. The molecule has 1 nitrogen and oxygen atoms in total. The van der Waals surface area contributed by atoms with Crippen molar-refractivity contribution in [2.75, 3.05) is 12.9 Å². The van der Waals surface area contributed by atoms with Crippen molar-refractivity contribution in [2.45, 2.75) is 127 Å². The molecule has 244 valence electrons. The van der Waals surface area contributed by atoms with Gasteiger partial charge in [0.05, 0.1) is 6.61 Å². The van der Waals surface area contributed by atoms with E-state index in [1.807, 2.05) is 0 Å². The van der Waals surface area contributed by atoms with Crippen LogP contribution < -0.4 is 4.74 Å². The van der Waals surface area contributed by atoms with Gasteiger partial charge >= 0.3 is 36.4 Å². The van der Waals surface area contributed by atoms with Gasteiger partial charge in [0.1, 0.15) is 17.3 Å². The number of rotatable bonds is 21. The van der Waals surface area contributed by atoms with Gasteiger partial charge in [0, 0.05) is 16.5 Å². The Morgan fingerprint density at radius 3 is 1.38 bits per heavy atom. The van der Waals surface area contributed by atoms with E-state index in [0.29, 0.717) is 5.25 Å².